The first-order valence-electron chi connectivity index (χ1n) is 10.3. The molecule has 1 N–H and O–H groups in total. The molecule has 1 rings (SSSR count). The van der Waals surface area contributed by atoms with Crippen LogP contribution >= 0.6 is 0 Å². The molecule has 148 valence electrons. The number of benzene rings is 1. The highest BCUT2D eigenvalue weighted by Gasteiger charge is 2.06. The molecule has 0 heterocycles. The van der Waals surface area contributed by atoms with Crippen molar-refractivity contribution in [1.82, 2.24) is 0 Å². The maximum Gasteiger partial charge on any atom is 0.329 e. The zero-order valence-electron chi connectivity index (χ0n) is 16.5. The quantitative estimate of drug-likeness (QED) is 0.371. The molecule has 0 unspecified atom stereocenters. The van der Waals surface area contributed by atoms with E-state index in [2.05, 4.69) is 24.0 Å². The highest BCUT2D eigenvalue weighted by Crippen LogP contribution is 2.15. The topological polar surface area (TPSA) is 49.8 Å². The van der Waals surface area contributed by atoms with Crippen LogP contribution in [0.1, 0.15) is 71.1 Å². The third-order valence-electron chi connectivity index (χ3n) is 4.63. The summed E-state index contributed by atoms with van der Waals surface area (Å²) in [6, 6.07) is 10.3. The van der Waals surface area contributed by atoms with Crippen LogP contribution in [0.3, 0.4) is 0 Å². The molecule has 0 aliphatic rings. The third-order valence-corrected chi connectivity index (χ3v) is 4.63. The molecular formula is C22H37NO3. The second-order valence-corrected chi connectivity index (χ2v) is 6.95. The molecule has 0 radical (unpaired) electrons. The van der Waals surface area contributed by atoms with Crippen LogP contribution in [0.4, 0.5) is 5.69 Å². The molecule has 0 bridgehead atoms. The first kappa shape index (κ1) is 22.5. The normalized spacial score (nSPS) is 10.8. The van der Waals surface area contributed by atoms with E-state index in [1.165, 1.54) is 69.9 Å². The molecule has 0 atom stereocenters. The van der Waals surface area contributed by atoms with E-state index < -0.39 is 5.97 Å². The minimum absolute atomic E-state index is 0.221. The van der Waals surface area contributed by atoms with E-state index in [4.69, 9.17) is 9.84 Å². The Labute approximate surface area is 159 Å². The van der Waals surface area contributed by atoms with Gasteiger partial charge in [-0.1, -0.05) is 82.9 Å². The molecule has 0 amide bonds. The minimum Gasteiger partial charge on any atom is -0.480 e. The minimum atomic E-state index is -0.911. The predicted octanol–water partition coefficient (Wildman–Crippen LogP) is 5.52. The van der Waals surface area contributed by atoms with Crippen molar-refractivity contribution in [1.29, 1.82) is 0 Å². The van der Waals surface area contributed by atoms with Gasteiger partial charge in [-0.2, -0.15) is 0 Å². The largest absolute Gasteiger partial charge is 0.480 e. The van der Waals surface area contributed by atoms with Gasteiger partial charge in [0.05, 0.1) is 6.61 Å². The number of hydrogen-bond acceptors (Lipinski definition) is 3. The summed E-state index contributed by atoms with van der Waals surface area (Å²) in [5.41, 5.74) is 1.18. The van der Waals surface area contributed by atoms with Gasteiger partial charge in [0.25, 0.3) is 0 Å². The van der Waals surface area contributed by atoms with E-state index in [0.29, 0.717) is 6.61 Å². The zero-order valence-corrected chi connectivity index (χ0v) is 16.5. The van der Waals surface area contributed by atoms with Gasteiger partial charge in [0.1, 0.15) is 6.61 Å². The van der Waals surface area contributed by atoms with Gasteiger partial charge in [0.15, 0.2) is 0 Å². The number of anilines is 1. The average Bonchev–Trinajstić information content (AvgIpc) is 2.65. The molecule has 0 aliphatic heterocycles. The Kier molecular flexibility index (Phi) is 13.6. The zero-order chi connectivity index (χ0) is 18.9. The molecule has 1 aromatic rings. The Morgan fingerprint density at radius 2 is 1.46 bits per heavy atom. The Morgan fingerprint density at radius 1 is 0.885 bits per heavy atom. The molecule has 0 saturated heterocycles. The molecule has 1 aromatic carbocycles. The monoisotopic (exact) mass is 363 g/mol. The maximum absolute atomic E-state index is 10.5. The molecular weight excluding hydrogens is 326 g/mol. The van der Waals surface area contributed by atoms with Gasteiger partial charge in [-0.05, 0) is 18.6 Å². The summed E-state index contributed by atoms with van der Waals surface area (Å²) in [5, 5.41) is 8.66. The molecule has 4 nitrogen and oxygen atoms in total. The summed E-state index contributed by atoms with van der Waals surface area (Å²) >= 11 is 0. The molecule has 0 aromatic heterocycles. The standard InChI is InChI=1S/C22H37NO3/c1-2-3-4-5-6-7-8-9-10-14-17-23(18-19-26-20-22(24)25)21-15-12-11-13-16-21/h11-13,15-16H,2-10,14,17-20H2,1H3,(H,24,25). The first-order valence-corrected chi connectivity index (χ1v) is 10.3. The van der Waals surface area contributed by atoms with Gasteiger partial charge in [-0.25, -0.2) is 4.79 Å². The number of carboxylic acids is 1. The number of carboxylic acid groups (broad SMARTS) is 1. The highest BCUT2D eigenvalue weighted by atomic mass is 16.5. The Hall–Kier alpha value is -1.55. The van der Waals surface area contributed by atoms with Gasteiger partial charge in [0.2, 0.25) is 0 Å². The summed E-state index contributed by atoms with van der Waals surface area (Å²) in [5.74, 6) is -0.911. The lowest BCUT2D eigenvalue weighted by molar-refractivity contribution is -0.142. The van der Waals surface area contributed by atoms with Crippen molar-refractivity contribution in [2.45, 2.75) is 71.1 Å². The number of rotatable bonds is 17. The van der Waals surface area contributed by atoms with Crippen molar-refractivity contribution in [3.8, 4) is 0 Å². The average molecular weight is 364 g/mol. The van der Waals surface area contributed by atoms with E-state index in [9.17, 15) is 4.79 Å². The second kappa shape index (κ2) is 15.7. The number of nitrogens with zero attached hydrogens (tertiary/aromatic N) is 1. The third kappa shape index (κ3) is 11.9. The molecule has 0 fully saturated rings. The van der Waals surface area contributed by atoms with Gasteiger partial charge in [-0.3, -0.25) is 0 Å². The number of ether oxygens (including phenoxy) is 1. The lowest BCUT2D eigenvalue weighted by Crippen LogP contribution is -2.29. The number of para-hydroxylation sites is 1. The van der Waals surface area contributed by atoms with Crippen molar-refractivity contribution in [3.05, 3.63) is 30.3 Å². The smallest absolute Gasteiger partial charge is 0.329 e. The lowest BCUT2D eigenvalue weighted by Gasteiger charge is -2.24. The number of carbonyl (C=O) groups is 1. The van der Waals surface area contributed by atoms with Crippen LogP contribution in [-0.4, -0.2) is 37.4 Å². The number of hydrogen-bond donors (Lipinski definition) is 1. The van der Waals surface area contributed by atoms with Crippen molar-refractivity contribution in [3.63, 3.8) is 0 Å². The summed E-state index contributed by atoms with van der Waals surface area (Å²) in [6.45, 7) is 4.21. The SMILES string of the molecule is CCCCCCCCCCCCN(CCOCC(=O)O)c1ccccc1. The van der Waals surface area contributed by atoms with Crippen molar-refractivity contribution < 1.29 is 14.6 Å². The Bertz CT molecular complexity index is 450. The van der Waals surface area contributed by atoms with Crippen LogP contribution in [0.25, 0.3) is 0 Å². The fraction of sp³-hybridized carbons (Fsp3) is 0.682. The van der Waals surface area contributed by atoms with Crippen LogP contribution in [0.5, 0.6) is 0 Å². The van der Waals surface area contributed by atoms with Crippen LogP contribution in [-0.2, 0) is 9.53 Å². The molecule has 0 aliphatic carbocycles. The van der Waals surface area contributed by atoms with Crippen molar-refractivity contribution in [2.75, 3.05) is 31.2 Å². The van der Waals surface area contributed by atoms with Gasteiger partial charge in [0, 0.05) is 18.8 Å². The van der Waals surface area contributed by atoms with E-state index in [1.54, 1.807) is 0 Å². The van der Waals surface area contributed by atoms with E-state index in [0.717, 1.165) is 13.1 Å². The van der Waals surface area contributed by atoms with Crippen molar-refractivity contribution in [2.24, 2.45) is 0 Å². The molecule has 0 saturated carbocycles. The second-order valence-electron chi connectivity index (χ2n) is 6.95. The van der Waals surface area contributed by atoms with Crippen LogP contribution < -0.4 is 4.90 Å². The summed E-state index contributed by atoms with van der Waals surface area (Å²) < 4.78 is 5.21. The summed E-state index contributed by atoms with van der Waals surface area (Å²) in [6.07, 6.45) is 13.3. The Balaban J connectivity index is 2.17. The maximum atomic E-state index is 10.5. The fourth-order valence-corrected chi connectivity index (χ4v) is 3.13. The van der Waals surface area contributed by atoms with Gasteiger partial charge >= 0.3 is 5.97 Å². The molecule has 26 heavy (non-hydrogen) atoms. The molecule has 0 spiro atoms. The highest BCUT2D eigenvalue weighted by molar-refractivity contribution is 5.68. The lowest BCUT2D eigenvalue weighted by atomic mass is 10.1. The number of unbranched alkanes of at least 4 members (excludes halogenated alkanes) is 9. The van der Waals surface area contributed by atoms with Gasteiger partial charge in [-0.15, -0.1) is 0 Å². The fourth-order valence-electron chi connectivity index (χ4n) is 3.13. The van der Waals surface area contributed by atoms with E-state index in [1.807, 2.05) is 18.2 Å². The number of aliphatic carboxylic acids is 1. The Morgan fingerprint density at radius 3 is 2.04 bits per heavy atom. The predicted molar refractivity (Wildman–Crippen MR) is 109 cm³/mol. The first-order chi connectivity index (χ1) is 12.7. The van der Waals surface area contributed by atoms with Crippen LogP contribution in [0.15, 0.2) is 30.3 Å². The van der Waals surface area contributed by atoms with E-state index in [-0.39, 0.29) is 6.61 Å². The van der Waals surface area contributed by atoms with Crippen molar-refractivity contribution >= 4 is 11.7 Å². The van der Waals surface area contributed by atoms with Gasteiger partial charge < -0.3 is 14.7 Å². The molecule has 4 heteroatoms. The summed E-state index contributed by atoms with van der Waals surface area (Å²) in [4.78, 5) is 12.8. The van der Waals surface area contributed by atoms with Crippen LogP contribution in [0.2, 0.25) is 0 Å². The van der Waals surface area contributed by atoms with Crippen LogP contribution in [0, 0.1) is 0 Å². The van der Waals surface area contributed by atoms with E-state index >= 15 is 0 Å². The summed E-state index contributed by atoms with van der Waals surface area (Å²) in [7, 11) is 0.